The first-order valence-electron chi connectivity index (χ1n) is 9.13. The second kappa shape index (κ2) is 8.51. The van der Waals surface area contributed by atoms with E-state index < -0.39 is 36.1 Å². The second-order valence-electron chi connectivity index (χ2n) is 7.40. The smallest absolute Gasteiger partial charge is 0.449 e. The summed E-state index contributed by atoms with van der Waals surface area (Å²) in [4.78, 5) is 11.2. The number of carbonyl (C=O) groups excluding carboxylic acids is 1. The number of phenols is 1. The van der Waals surface area contributed by atoms with E-state index in [0.717, 1.165) is 23.3 Å². The van der Waals surface area contributed by atoms with E-state index in [4.69, 9.17) is 5.11 Å². The van der Waals surface area contributed by atoms with Gasteiger partial charge in [0.15, 0.2) is 0 Å². The molecular formula is C22H21F5O5. The molecule has 2 unspecified atom stereocenters. The van der Waals surface area contributed by atoms with Gasteiger partial charge in [-0.15, -0.1) is 0 Å². The highest BCUT2D eigenvalue weighted by Crippen LogP contribution is 2.54. The number of aliphatic hydroxyl groups is 1. The number of phenolic OH excluding ortho intramolecular Hbond substituents is 1. The van der Waals surface area contributed by atoms with Crippen molar-refractivity contribution in [2.45, 2.75) is 37.3 Å². The molecule has 5 nitrogen and oxygen atoms in total. The van der Waals surface area contributed by atoms with E-state index >= 15 is 0 Å². The number of alkyl halides is 5. The summed E-state index contributed by atoms with van der Waals surface area (Å²) in [7, 11) is 0. The van der Waals surface area contributed by atoms with Gasteiger partial charge in [-0.3, -0.25) is 0 Å². The van der Waals surface area contributed by atoms with Crippen molar-refractivity contribution in [3.05, 3.63) is 60.7 Å². The largest absolute Gasteiger partial charge is 0.508 e. The third-order valence-corrected chi connectivity index (χ3v) is 4.78. The van der Waals surface area contributed by atoms with E-state index in [-0.39, 0.29) is 5.57 Å². The lowest BCUT2D eigenvalue weighted by molar-refractivity contribution is -0.409. The van der Waals surface area contributed by atoms with Crippen LogP contribution >= 0.6 is 0 Å². The summed E-state index contributed by atoms with van der Waals surface area (Å²) in [5.41, 5.74) is -2.13. The molecule has 1 aliphatic rings. The molecule has 2 N–H and O–H groups in total. The number of rotatable bonds is 3. The summed E-state index contributed by atoms with van der Waals surface area (Å²) < 4.78 is 73.0. The van der Waals surface area contributed by atoms with Crippen molar-refractivity contribution >= 4 is 22.8 Å². The van der Waals surface area contributed by atoms with Gasteiger partial charge in [-0.1, -0.05) is 37.4 Å². The van der Waals surface area contributed by atoms with Gasteiger partial charge in [-0.05, 0) is 48.4 Å². The standard InChI is InChI=1S/C12H10O.C10H11F5O4/c1-2-9-3-4-11-8-12(13)6-5-10(11)7-9;1-5(2)6(16)19-7(3)4-18-9(17,8(7,11)12)10(13,14)15/h2-8,13H,1H2;17H,1,4H2,2-3H3. The zero-order valence-electron chi connectivity index (χ0n) is 17.2. The molecular weight excluding hydrogens is 439 g/mol. The van der Waals surface area contributed by atoms with Crippen LogP contribution in [0.4, 0.5) is 22.0 Å². The Kier molecular flexibility index (Phi) is 6.73. The summed E-state index contributed by atoms with van der Waals surface area (Å²) in [5.74, 6) is -10.6. The Hall–Kier alpha value is -2.98. The maximum absolute atomic E-state index is 13.8. The second-order valence-corrected chi connectivity index (χ2v) is 7.40. The van der Waals surface area contributed by atoms with Crippen molar-refractivity contribution in [2.75, 3.05) is 6.61 Å². The first-order chi connectivity index (χ1) is 14.6. The quantitative estimate of drug-likeness (QED) is 0.384. The van der Waals surface area contributed by atoms with E-state index in [2.05, 4.69) is 22.6 Å². The van der Waals surface area contributed by atoms with Gasteiger partial charge in [-0.25, -0.2) is 4.79 Å². The number of carbonyl (C=O) groups is 1. The molecule has 10 heteroatoms. The highest BCUT2D eigenvalue weighted by molar-refractivity contribution is 5.87. The fourth-order valence-corrected chi connectivity index (χ4v) is 2.81. The summed E-state index contributed by atoms with van der Waals surface area (Å²) in [6.07, 6.45) is -3.93. The zero-order valence-corrected chi connectivity index (χ0v) is 17.2. The van der Waals surface area contributed by atoms with Gasteiger partial charge in [0.2, 0.25) is 5.60 Å². The van der Waals surface area contributed by atoms with Gasteiger partial charge in [0.1, 0.15) is 5.75 Å². The molecule has 0 aliphatic carbocycles. The van der Waals surface area contributed by atoms with Crippen molar-refractivity contribution in [1.29, 1.82) is 0 Å². The number of aromatic hydroxyl groups is 1. The first-order valence-corrected chi connectivity index (χ1v) is 9.13. The maximum Gasteiger partial charge on any atom is 0.449 e. The van der Waals surface area contributed by atoms with E-state index in [1.807, 2.05) is 30.3 Å². The Morgan fingerprint density at radius 3 is 2.25 bits per heavy atom. The predicted molar refractivity (Wildman–Crippen MR) is 107 cm³/mol. The van der Waals surface area contributed by atoms with E-state index in [1.165, 1.54) is 0 Å². The lowest BCUT2D eigenvalue weighted by atomic mass is 9.94. The topological polar surface area (TPSA) is 76.0 Å². The minimum Gasteiger partial charge on any atom is -0.508 e. The fraction of sp³-hybridized carbons (Fsp3) is 0.318. The van der Waals surface area contributed by atoms with Crippen LogP contribution in [0.3, 0.4) is 0 Å². The summed E-state index contributed by atoms with van der Waals surface area (Å²) in [6, 6.07) is 11.3. The molecule has 1 aliphatic heterocycles. The number of halogens is 5. The van der Waals surface area contributed by atoms with Crippen LogP contribution in [0.15, 0.2) is 55.1 Å². The number of hydrogen-bond donors (Lipinski definition) is 2. The molecule has 0 aromatic heterocycles. The average Bonchev–Trinajstić information content (AvgIpc) is 2.88. The number of ether oxygens (including phenoxy) is 2. The van der Waals surface area contributed by atoms with Crippen molar-refractivity contribution < 1.29 is 46.4 Å². The highest BCUT2D eigenvalue weighted by Gasteiger charge is 2.82. The molecule has 1 saturated heterocycles. The van der Waals surface area contributed by atoms with Gasteiger partial charge in [0.05, 0.1) is 6.61 Å². The van der Waals surface area contributed by atoms with Crippen LogP contribution in [-0.2, 0) is 14.3 Å². The lowest BCUT2D eigenvalue weighted by Crippen LogP contribution is -2.63. The van der Waals surface area contributed by atoms with Crippen molar-refractivity contribution in [1.82, 2.24) is 0 Å². The van der Waals surface area contributed by atoms with Crippen LogP contribution in [0.2, 0.25) is 0 Å². The molecule has 0 amide bonds. The normalized spacial score (nSPS) is 24.4. The highest BCUT2D eigenvalue weighted by atomic mass is 19.4. The van der Waals surface area contributed by atoms with Crippen molar-refractivity contribution in [3.8, 4) is 5.75 Å². The number of hydrogen-bond acceptors (Lipinski definition) is 5. The Labute approximate surface area is 180 Å². The molecule has 32 heavy (non-hydrogen) atoms. The number of fused-ring (bicyclic) bond motifs is 1. The van der Waals surface area contributed by atoms with Crippen LogP contribution < -0.4 is 0 Å². The van der Waals surface area contributed by atoms with Gasteiger partial charge < -0.3 is 19.7 Å². The molecule has 0 bridgehead atoms. The fourth-order valence-electron chi connectivity index (χ4n) is 2.81. The van der Waals surface area contributed by atoms with Crippen molar-refractivity contribution in [2.24, 2.45) is 0 Å². The monoisotopic (exact) mass is 460 g/mol. The molecule has 1 heterocycles. The van der Waals surface area contributed by atoms with Gasteiger partial charge in [0, 0.05) is 5.57 Å². The van der Waals surface area contributed by atoms with Gasteiger partial charge in [0.25, 0.3) is 0 Å². The summed E-state index contributed by atoms with van der Waals surface area (Å²) >= 11 is 0. The molecule has 0 radical (unpaired) electrons. The Morgan fingerprint density at radius 2 is 1.75 bits per heavy atom. The molecule has 2 aromatic carbocycles. The van der Waals surface area contributed by atoms with Crippen LogP contribution in [0.25, 0.3) is 16.8 Å². The Morgan fingerprint density at radius 1 is 1.19 bits per heavy atom. The van der Waals surface area contributed by atoms with Crippen LogP contribution in [0, 0.1) is 0 Å². The zero-order chi connectivity index (χ0) is 24.5. The summed E-state index contributed by atoms with van der Waals surface area (Å²) in [5, 5.41) is 20.4. The van der Waals surface area contributed by atoms with E-state index in [9.17, 15) is 31.9 Å². The third kappa shape index (κ3) is 4.46. The average molecular weight is 460 g/mol. The van der Waals surface area contributed by atoms with Gasteiger partial charge >= 0.3 is 23.9 Å². The first kappa shape index (κ1) is 25.3. The van der Waals surface area contributed by atoms with Crippen LogP contribution in [0.1, 0.15) is 19.4 Å². The van der Waals surface area contributed by atoms with Crippen LogP contribution in [-0.4, -0.2) is 46.3 Å². The molecule has 2 aromatic rings. The predicted octanol–water partition coefficient (Wildman–Crippen LogP) is 4.97. The minimum absolute atomic E-state index is 0.278. The third-order valence-electron chi connectivity index (χ3n) is 4.78. The van der Waals surface area contributed by atoms with Crippen LogP contribution in [0.5, 0.6) is 5.75 Å². The van der Waals surface area contributed by atoms with E-state index in [1.54, 1.807) is 12.1 Å². The molecule has 0 saturated carbocycles. The molecule has 3 rings (SSSR count). The molecule has 1 fully saturated rings. The summed E-state index contributed by atoms with van der Waals surface area (Å²) in [6.45, 7) is 7.19. The van der Waals surface area contributed by atoms with Gasteiger partial charge in [-0.2, -0.15) is 22.0 Å². The maximum atomic E-state index is 13.8. The number of esters is 1. The van der Waals surface area contributed by atoms with Crippen molar-refractivity contribution in [3.63, 3.8) is 0 Å². The SMILES string of the molecule is C=C(C)C(=O)OC1(C)COC(O)(C(F)(F)F)C1(F)F.C=Cc1ccc2cc(O)ccc2c1. The van der Waals surface area contributed by atoms with E-state index in [0.29, 0.717) is 12.7 Å². The molecule has 174 valence electrons. The lowest BCUT2D eigenvalue weighted by Gasteiger charge is -2.35. The Bertz CT molecular complexity index is 1050. The Balaban J connectivity index is 0.000000242. The minimum atomic E-state index is -5.75. The number of benzene rings is 2. The molecule has 0 spiro atoms. The molecule has 2 atom stereocenters.